The molecule has 0 unspecified atom stereocenters. The Labute approximate surface area is 145 Å². The summed E-state index contributed by atoms with van der Waals surface area (Å²) >= 11 is 0. The molecule has 0 aliphatic carbocycles. The number of carbonyl (C=O) groups is 1. The first-order valence-corrected chi connectivity index (χ1v) is 7.84. The number of nitrogens with one attached hydrogen (secondary N) is 1. The number of fused-ring (bicyclic) bond motifs is 1. The Kier molecular flexibility index (Phi) is 4.74. The molecule has 0 atom stereocenters. The van der Waals surface area contributed by atoms with Crippen LogP contribution in [0.3, 0.4) is 0 Å². The van der Waals surface area contributed by atoms with Crippen LogP contribution in [0.4, 0.5) is 0 Å². The van der Waals surface area contributed by atoms with Crippen molar-refractivity contribution in [3.63, 3.8) is 0 Å². The van der Waals surface area contributed by atoms with Gasteiger partial charge in [0.1, 0.15) is 17.1 Å². The van der Waals surface area contributed by atoms with Crippen molar-refractivity contribution in [2.75, 3.05) is 14.1 Å². The zero-order valence-corrected chi connectivity index (χ0v) is 14.2. The number of hydrogen-bond acceptors (Lipinski definition) is 4. The number of rotatable bonds is 5. The third-order valence-corrected chi connectivity index (χ3v) is 3.77. The van der Waals surface area contributed by atoms with Gasteiger partial charge < -0.3 is 24.8 Å². The lowest BCUT2D eigenvalue weighted by Crippen LogP contribution is -2.37. The summed E-state index contributed by atoms with van der Waals surface area (Å²) in [4.78, 5) is 17.3. The molecule has 3 N–H and O–H groups in total. The lowest BCUT2D eigenvalue weighted by molar-refractivity contribution is 0.0972. The van der Waals surface area contributed by atoms with Crippen LogP contribution < -0.4 is 11.1 Å². The van der Waals surface area contributed by atoms with E-state index in [1.165, 1.54) is 0 Å². The van der Waals surface area contributed by atoms with Crippen LogP contribution in [0.15, 0.2) is 56.3 Å². The monoisotopic (exact) mass is 340 g/mol. The van der Waals surface area contributed by atoms with Crippen molar-refractivity contribution >= 4 is 22.8 Å². The van der Waals surface area contributed by atoms with Gasteiger partial charge in [-0.2, -0.15) is 0 Å². The summed E-state index contributed by atoms with van der Waals surface area (Å²) in [6.07, 6.45) is 0. The number of primary amides is 1. The zero-order valence-electron chi connectivity index (χ0n) is 14.2. The van der Waals surface area contributed by atoms with Gasteiger partial charge in [-0.15, -0.1) is 0 Å². The second-order valence-corrected chi connectivity index (χ2v) is 5.64. The van der Waals surface area contributed by atoms with Gasteiger partial charge >= 0.3 is 0 Å². The smallest absolute Gasteiger partial charge is 0.284 e. The summed E-state index contributed by atoms with van der Waals surface area (Å²) in [5.41, 5.74) is 6.04. The predicted molar refractivity (Wildman–Crippen MR) is 95.1 cm³/mol. The molecule has 3 aromatic rings. The minimum Gasteiger partial charge on any atom is -0.459 e. The quantitative estimate of drug-likeness (QED) is 0.549. The largest absolute Gasteiger partial charge is 0.459 e. The minimum atomic E-state index is -0.586. The maximum atomic E-state index is 11.1. The van der Waals surface area contributed by atoms with Crippen molar-refractivity contribution < 1.29 is 13.6 Å². The fraction of sp³-hybridized carbons (Fsp3) is 0.222. The highest BCUT2D eigenvalue weighted by Gasteiger charge is 2.12. The van der Waals surface area contributed by atoms with E-state index in [0.717, 1.165) is 16.7 Å². The molecule has 1 amide bonds. The van der Waals surface area contributed by atoms with E-state index in [2.05, 4.69) is 10.3 Å². The lowest BCUT2D eigenvalue weighted by atomic mass is 10.2. The maximum absolute atomic E-state index is 11.1. The molecule has 3 rings (SSSR count). The molecule has 25 heavy (non-hydrogen) atoms. The van der Waals surface area contributed by atoms with Crippen LogP contribution in [0.25, 0.3) is 11.0 Å². The lowest BCUT2D eigenvalue weighted by Gasteiger charge is -2.20. The molecule has 0 fully saturated rings. The molecule has 2 aromatic heterocycles. The van der Waals surface area contributed by atoms with E-state index >= 15 is 0 Å². The van der Waals surface area contributed by atoms with Gasteiger partial charge in [0, 0.05) is 19.5 Å². The second kappa shape index (κ2) is 7.12. The summed E-state index contributed by atoms with van der Waals surface area (Å²) in [6.45, 7) is 0.962. The van der Waals surface area contributed by atoms with Gasteiger partial charge in [-0.25, -0.2) is 0 Å². The topological polar surface area (TPSA) is 97.0 Å². The van der Waals surface area contributed by atoms with Gasteiger partial charge in [0.05, 0.1) is 13.1 Å². The van der Waals surface area contributed by atoms with Gasteiger partial charge in [-0.3, -0.25) is 9.79 Å². The normalized spacial score (nSPS) is 11.7. The van der Waals surface area contributed by atoms with Crippen LogP contribution in [-0.2, 0) is 13.1 Å². The number of carbonyl (C=O) groups excluding carboxylic acids is 1. The van der Waals surface area contributed by atoms with E-state index in [-0.39, 0.29) is 5.76 Å². The number of para-hydroxylation sites is 1. The standard InChI is InChI=1S/C18H20N4O3/c1-20-18(21-10-13-7-8-16(24-13)17(19)23)22(2)11-14-9-12-5-3-4-6-15(12)25-14/h3-9H,10-11H2,1-2H3,(H2,19,23)(H,20,21). The number of nitrogens with two attached hydrogens (primary N) is 1. The summed E-state index contributed by atoms with van der Waals surface area (Å²) in [5, 5.41) is 4.25. The summed E-state index contributed by atoms with van der Waals surface area (Å²) in [5.74, 6) is 1.69. The predicted octanol–water partition coefficient (Wildman–Crippen LogP) is 2.33. The maximum Gasteiger partial charge on any atom is 0.284 e. The average molecular weight is 340 g/mol. The van der Waals surface area contributed by atoms with Gasteiger partial charge in [0.2, 0.25) is 0 Å². The molecule has 0 saturated heterocycles. The van der Waals surface area contributed by atoms with E-state index in [1.54, 1.807) is 19.2 Å². The van der Waals surface area contributed by atoms with E-state index in [4.69, 9.17) is 14.6 Å². The molecule has 0 aliphatic rings. The Morgan fingerprint density at radius 3 is 2.68 bits per heavy atom. The van der Waals surface area contributed by atoms with E-state index in [9.17, 15) is 4.79 Å². The van der Waals surface area contributed by atoms with Crippen LogP contribution in [0, 0.1) is 0 Å². The number of nitrogens with zero attached hydrogens (tertiary/aromatic N) is 2. The molecule has 0 spiro atoms. The Bertz CT molecular complexity index is 877. The van der Waals surface area contributed by atoms with Crippen LogP contribution in [0.1, 0.15) is 22.1 Å². The molecule has 0 bridgehead atoms. The summed E-state index contributed by atoms with van der Waals surface area (Å²) in [7, 11) is 3.62. The van der Waals surface area contributed by atoms with Crippen molar-refractivity contribution in [2.45, 2.75) is 13.1 Å². The third kappa shape index (κ3) is 3.82. The van der Waals surface area contributed by atoms with Crippen LogP contribution in [0.5, 0.6) is 0 Å². The van der Waals surface area contributed by atoms with Gasteiger partial charge in [0.25, 0.3) is 5.91 Å². The number of furan rings is 2. The second-order valence-electron chi connectivity index (χ2n) is 5.64. The number of hydrogen-bond donors (Lipinski definition) is 2. The van der Waals surface area contributed by atoms with Crippen LogP contribution in [0.2, 0.25) is 0 Å². The number of guanidine groups is 1. The fourth-order valence-corrected chi connectivity index (χ4v) is 2.58. The molecule has 1 aromatic carbocycles. The first-order valence-electron chi connectivity index (χ1n) is 7.84. The highest BCUT2D eigenvalue weighted by atomic mass is 16.4. The van der Waals surface area contributed by atoms with Gasteiger partial charge in [-0.1, -0.05) is 18.2 Å². The van der Waals surface area contributed by atoms with Crippen LogP contribution >= 0.6 is 0 Å². The first kappa shape index (κ1) is 16.6. The molecule has 0 saturated carbocycles. The molecular formula is C18H20N4O3. The Balaban J connectivity index is 1.62. The first-order chi connectivity index (χ1) is 12.1. The number of amides is 1. The van der Waals surface area contributed by atoms with Gasteiger partial charge in [0.15, 0.2) is 11.7 Å². The van der Waals surface area contributed by atoms with Crippen molar-refractivity contribution in [3.8, 4) is 0 Å². The van der Waals surface area contributed by atoms with E-state index < -0.39 is 5.91 Å². The highest BCUT2D eigenvalue weighted by molar-refractivity contribution is 5.89. The molecule has 7 nitrogen and oxygen atoms in total. The average Bonchev–Trinajstić information content (AvgIpc) is 3.21. The van der Waals surface area contributed by atoms with E-state index in [0.29, 0.717) is 24.8 Å². The zero-order chi connectivity index (χ0) is 17.8. The SMILES string of the molecule is CN=C(NCc1ccc(C(N)=O)o1)N(C)Cc1cc2ccccc2o1. The summed E-state index contributed by atoms with van der Waals surface area (Å²) < 4.78 is 11.2. The Hall–Kier alpha value is -3.22. The Morgan fingerprint density at radius 2 is 2.00 bits per heavy atom. The molecule has 130 valence electrons. The third-order valence-electron chi connectivity index (χ3n) is 3.77. The molecule has 0 aliphatic heterocycles. The van der Waals surface area contributed by atoms with Crippen molar-refractivity contribution in [1.29, 1.82) is 0 Å². The number of benzene rings is 1. The summed E-state index contributed by atoms with van der Waals surface area (Å²) in [6, 6.07) is 13.2. The minimum absolute atomic E-state index is 0.141. The molecule has 0 radical (unpaired) electrons. The molecule has 2 heterocycles. The van der Waals surface area contributed by atoms with E-state index in [1.807, 2.05) is 42.3 Å². The number of aliphatic imine (C=N–C) groups is 1. The van der Waals surface area contributed by atoms with Crippen LogP contribution in [-0.4, -0.2) is 30.9 Å². The van der Waals surface area contributed by atoms with Crippen molar-refractivity contribution in [3.05, 3.63) is 59.7 Å². The van der Waals surface area contributed by atoms with Crippen molar-refractivity contribution in [1.82, 2.24) is 10.2 Å². The Morgan fingerprint density at radius 1 is 1.20 bits per heavy atom. The van der Waals surface area contributed by atoms with Gasteiger partial charge in [-0.05, 0) is 24.3 Å². The van der Waals surface area contributed by atoms with Crippen molar-refractivity contribution in [2.24, 2.45) is 10.7 Å². The highest BCUT2D eigenvalue weighted by Crippen LogP contribution is 2.19. The molecule has 7 heteroatoms. The fourth-order valence-electron chi connectivity index (χ4n) is 2.58. The molecular weight excluding hydrogens is 320 g/mol.